The van der Waals surface area contributed by atoms with Crippen LogP contribution in [0.25, 0.3) is 0 Å². The number of hydrogen-bond donors (Lipinski definition) is 0. The maximum Gasteiger partial charge on any atom is 0.178 e. The van der Waals surface area contributed by atoms with Crippen molar-refractivity contribution in [2.24, 2.45) is 0 Å². The molecule has 0 saturated heterocycles. The monoisotopic (exact) mass is 310 g/mol. The van der Waals surface area contributed by atoms with Crippen molar-refractivity contribution in [3.05, 3.63) is 28.8 Å². The van der Waals surface area contributed by atoms with E-state index in [2.05, 4.69) is 15.9 Å². The molecule has 0 aliphatic heterocycles. The zero-order valence-electron chi connectivity index (χ0n) is 8.50. The smallest absolute Gasteiger partial charge is 0.178 e. The van der Waals surface area contributed by atoms with Gasteiger partial charge in [0.25, 0.3) is 0 Å². The molecule has 0 aliphatic rings. The first-order chi connectivity index (χ1) is 6.88. The molecular formula is C10H12BrClO2S. The van der Waals surface area contributed by atoms with E-state index in [1.807, 2.05) is 6.92 Å². The van der Waals surface area contributed by atoms with Gasteiger partial charge in [-0.25, -0.2) is 8.42 Å². The Hall–Kier alpha value is -0.0600. The van der Waals surface area contributed by atoms with Crippen LogP contribution >= 0.6 is 27.5 Å². The third-order valence-corrected chi connectivity index (χ3v) is 4.69. The lowest BCUT2D eigenvalue weighted by Crippen LogP contribution is -2.04. The Morgan fingerprint density at radius 3 is 2.47 bits per heavy atom. The molecule has 0 spiro atoms. The highest BCUT2D eigenvalue weighted by atomic mass is 79.9. The van der Waals surface area contributed by atoms with Gasteiger partial charge >= 0.3 is 0 Å². The molecule has 0 N–H and O–H groups in total. The lowest BCUT2D eigenvalue weighted by molar-refractivity contribution is 0.597. The minimum absolute atomic E-state index is 0.0898. The van der Waals surface area contributed by atoms with Gasteiger partial charge in [0, 0.05) is 9.85 Å². The fourth-order valence-electron chi connectivity index (χ4n) is 1.19. The maximum absolute atomic E-state index is 11.6. The van der Waals surface area contributed by atoms with E-state index >= 15 is 0 Å². The quantitative estimate of drug-likeness (QED) is 0.799. The summed E-state index contributed by atoms with van der Waals surface area (Å²) in [5.74, 6) is 0.0898. The van der Waals surface area contributed by atoms with Crippen LogP contribution in [0.15, 0.2) is 23.1 Å². The molecule has 1 aromatic carbocycles. The second-order valence-electron chi connectivity index (χ2n) is 3.20. The summed E-state index contributed by atoms with van der Waals surface area (Å²) < 4.78 is 23.1. The van der Waals surface area contributed by atoms with E-state index in [-0.39, 0.29) is 15.5 Å². The number of benzene rings is 1. The molecule has 5 heteroatoms. The summed E-state index contributed by atoms with van der Waals surface area (Å²) in [5.41, 5.74) is 0.895. The van der Waals surface area contributed by atoms with Crippen LogP contribution in [0.2, 0.25) is 5.02 Å². The van der Waals surface area contributed by atoms with Crippen molar-refractivity contribution in [2.45, 2.75) is 23.6 Å². The van der Waals surface area contributed by atoms with Crippen LogP contribution in [0, 0.1) is 0 Å². The van der Waals surface area contributed by atoms with Crippen LogP contribution in [0.5, 0.6) is 0 Å². The Morgan fingerprint density at radius 2 is 2.07 bits per heavy atom. The van der Waals surface area contributed by atoms with Crippen molar-refractivity contribution >= 4 is 37.4 Å². The Balaban J connectivity index is 3.24. The Kier molecular flexibility index (Phi) is 4.20. The maximum atomic E-state index is 11.6. The average Bonchev–Trinajstić information content (AvgIpc) is 2.17. The molecule has 1 unspecified atom stereocenters. The summed E-state index contributed by atoms with van der Waals surface area (Å²) in [6.07, 6.45) is 0. The van der Waals surface area contributed by atoms with E-state index in [4.69, 9.17) is 11.6 Å². The topological polar surface area (TPSA) is 34.1 Å². The molecule has 0 fully saturated rings. The molecule has 15 heavy (non-hydrogen) atoms. The average molecular weight is 312 g/mol. The lowest BCUT2D eigenvalue weighted by Gasteiger charge is -2.08. The van der Waals surface area contributed by atoms with E-state index < -0.39 is 9.84 Å². The standard InChI is InChI=1S/C10H12BrClO2S/c1-3-15(13,14)8-4-5-9(7(2)11)10(12)6-8/h4-7H,3H2,1-2H3. The number of halogens is 2. The summed E-state index contributed by atoms with van der Waals surface area (Å²) in [5, 5.41) is 0.480. The van der Waals surface area contributed by atoms with Crippen LogP contribution in [0.4, 0.5) is 0 Å². The van der Waals surface area contributed by atoms with Crippen molar-refractivity contribution < 1.29 is 8.42 Å². The molecule has 0 saturated carbocycles. The van der Waals surface area contributed by atoms with Gasteiger partial charge < -0.3 is 0 Å². The van der Waals surface area contributed by atoms with Crippen molar-refractivity contribution in [3.8, 4) is 0 Å². The summed E-state index contributed by atoms with van der Waals surface area (Å²) in [6, 6.07) is 4.84. The number of alkyl halides is 1. The molecule has 1 rings (SSSR count). The minimum Gasteiger partial charge on any atom is -0.224 e. The van der Waals surface area contributed by atoms with Gasteiger partial charge in [0.15, 0.2) is 9.84 Å². The molecule has 0 amide bonds. The van der Waals surface area contributed by atoms with Gasteiger partial charge in [0.2, 0.25) is 0 Å². The van der Waals surface area contributed by atoms with Crippen LogP contribution in [0.1, 0.15) is 24.2 Å². The molecular weight excluding hydrogens is 300 g/mol. The Bertz CT molecular complexity index is 454. The molecule has 0 aromatic heterocycles. The largest absolute Gasteiger partial charge is 0.224 e. The zero-order valence-corrected chi connectivity index (χ0v) is 11.7. The Labute approximate surface area is 104 Å². The van der Waals surface area contributed by atoms with Crippen LogP contribution < -0.4 is 0 Å². The fraction of sp³-hybridized carbons (Fsp3) is 0.400. The van der Waals surface area contributed by atoms with Gasteiger partial charge in [-0.15, -0.1) is 0 Å². The predicted molar refractivity (Wildman–Crippen MR) is 66.5 cm³/mol. The molecule has 0 bridgehead atoms. The summed E-state index contributed by atoms with van der Waals surface area (Å²) >= 11 is 9.38. The molecule has 0 radical (unpaired) electrons. The van der Waals surface area contributed by atoms with Crippen LogP contribution in [-0.4, -0.2) is 14.2 Å². The molecule has 0 heterocycles. The number of hydrogen-bond acceptors (Lipinski definition) is 2. The van der Waals surface area contributed by atoms with Crippen molar-refractivity contribution in [1.82, 2.24) is 0 Å². The zero-order chi connectivity index (χ0) is 11.6. The van der Waals surface area contributed by atoms with E-state index in [9.17, 15) is 8.42 Å². The number of sulfone groups is 1. The van der Waals surface area contributed by atoms with Gasteiger partial charge in [-0.05, 0) is 24.6 Å². The molecule has 1 atom stereocenters. The summed E-state index contributed by atoms with van der Waals surface area (Å²) in [4.78, 5) is 0.398. The SMILES string of the molecule is CCS(=O)(=O)c1ccc(C(C)Br)c(Cl)c1. The van der Waals surface area contributed by atoms with Gasteiger partial charge in [-0.2, -0.15) is 0 Å². The highest BCUT2D eigenvalue weighted by Gasteiger charge is 2.14. The van der Waals surface area contributed by atoms with E-state index in [1.165, 1.54) is 6.07 Å². The fourth-order valence-corrected chi connectivity index (χ4v) is 3.04. The first kappa shape index (κ1) is 13.0. The van der Waals surface area contributed by atoms with E-state index in [0.29, 0.717) is 5.02 Å². The second kappa shape index (κ2) is 4.85. The number of rotatable bonds is 3. The highest BCUT2D eigenvalue weighted by Crippen LogP contribution is 2.30. The first-order valence-electron chi connectivity index (χ1n) is 4.54. The Morgan fingerprint density at radius 1 is 1.47 bits per heavy atom. The highest BCUT2D eigenvalue weighted by molar-refractivity contribution is 9.09. The normalized spacial score (nSPS) is 13.9. The van der Waals surface area contributed by atoms with Crippen LogP contribution in [-0.2, 0) is 9.84 Å². The van der Waals surface area contributed by atoms with E-state index in [0.717, 1.165) is 5.56 Å². The lowest BCUT2D eigenvalue weighted by atomic mass is 10.2. The third kappa shape index (κ3) is 2.95. The van der Waals surface area contributed by atoms with Crippen molar-refractivity contribution in [1.29, 1.82) is 0 Å². The molecule has 84 valence electrons. The first-order valence-corrected chi connectivity index (χ1v) is 7.49. The van der Waals surface area contributed by atoms with Crippen molar-refractivity contribution in [3.63, 3.8) is 0 Å². The third-order valence-electron chi connectivity index (χ3n) is 2.14. The molecule has 2 nitrogen and oxygen atoms in total. The summed E-state index contributed by atoms with van der Waals surface area (Å²) in [7, 11) is -3.16. The minimum atomic E-state index is -3.16. The van der Waals surface area contributed by atoms with Gasteiger partial charge in [0.1, 0.15) is 0 Å². The predicted octanol–water partition coefficient (Wildman–Crippen LogP) is 3.59. The van der Waals surface area contributed by atoms with Gasteiger partial charge in [0.05, 0.1) is 10.6 Å². The molecule has 0 aliphatic carbocycles. The van der Waals surface area contributed by atoms with Crippen molar-refractivity contribution in [2.75, 3.05) is 5.75 Å². The summed E-state index contributed by atoms with van der Waals surface area (Å²) in [6.45, 7) is 3.56. The molecule has 1 aromatic rings. The van der Waals surface area contributed by atoms with Gasteiger partial charge in [-0.1, -0.05) is 40.5 Å². The van der Waals surface area contributed by atoms with Gasteiger partial charge in [-0.3, -0.25) is 0 Å². The second-order valence-corrected chi connectivity index (χ2v) is 7.26. The van der Waals surface area contributed by atoms with Crippen LogP contribution in [0.3, 0.4) is 0 Å². The van der Waals surface area contributed by atoms with E-state index in [1.54, 1.807) is 19.1 Å².